The Bertz CT molecular complexity index is 723. The van der Waals surface area contributed by atoms with E-state index in [9.17, 15) is 9.90 Å². The van der Waals surface area contributed by atoms with Crippen molar-refractivity contribution in [2.24, 2.45) is 23.7 Å². The first-order valence-electron chi connectivity index (χ1n) is 11.7. The van der Waals surface area contributed by atoms with Crippen LogP contribution in [0.15, 0.2) is 48.6 Å². The average molecular weight is 395 g/mol. The van der Waals surface area contributed by atoms with Gasteiger partial charge in [-0.05, 0) is 48.1 Å². The lowest BCUT2D eigenvalue weighted by molar-refractivity contribution is -0.138. The molecule has 0 amide bonds. The van der Waals surface area contributed by atoms with Crippen LogP contribution in [0, 0.1) is 23.7 Å². The predicted octanol–water partition coefficient (Wildman–Crippen LogP) is 6.95. The Balaban J connectivity index is 1.97. The summed E-state index contributed by atoms with van der Waals surface area (Å²) in [4.78, 5) is 11.5. The van der Waals surface area contributed by atoms with Crippen LogP contribution in [0.4, 0.5) is 0 Å². The van der Waals surface area contributed by atoms with E-state index in [1.54, 1.807) is 0 Å². The van der Waals surface area contributed by atoms with Gasteiger partial charge in [-0.25, -0.2) is 0 Å². The monoisotopic (exact) mass is 394 g/mol. The number of hydrogen-bond acceptors (Lipinski definition) is 1. The normalized spacial score (nSPS) is 30.2. The van der Waals surface area contributed by atoms with Crippen molar-refractivity contribution in [2.75, 3.05) is 0 Å². The van der Waals surface area contributed by atoms with Gasteiger partial charge in [0.1, 0.15) is 0 Å². The Kier molecular flexibility index (Phi) is 7.38. The topological polar surface area (TPSA) is 37.3 Å². The van der Waals surface area contributed by atoms with E-state index in [0.29, 0.717) is 11.8 Å². The van der Waals surface area contributed by atoms with E-state index in [-0.39, 0.29) is 5.41 Å². The van der Waals surface area contributed by atoms with Crippen molar-refractivity contribution in [1.29, 1.82) is 0 Å². The second kappa shape index (κ2) is 9.78. The van der Waals surface area contributed by atoms with E-state index in [1.165, 1.54) is 56.1 Å². The van der Waals surface area contributed by atoms with Crippen molar-refractivity contribution in [2.45, 2.75) is 77.6 Å². The minimum absolute atomic E-state index is 0.160. The van der Waals surface area contributed by atoms with E-state index in [2.05, 4.69) is 57.2 Å². The minimum Gasteiger partial charge on any atom is -0.481 e. The van der Waals surface area contributed by atoms with Gasteiger partial charge in [0.25, 0.3) is 0 Å². The van der Waals surface area contributed by atoms with Crippen LogP contribution >= 0.6 is 0 Å². The molecule has 3 rings (SSSR count). The molecule has 0 bridgehead atoms. The zero-order valence-electron chi connectivity index (χ0n) is 18.4. The summed E-state index contributed by atoms with van der Waals surface area (Å²) < 4.78 is 0. The van der Waals surface area contributed by atoms with Gasteiger partial charge in [0, 0.05) is 5.41 Å². The maximum atomic E-state index is 11.5. The zero-order valence-corrected chi connectivity index (χ0v) is 18.4. The summed E-state index contributed by atoms with van der Waals surface area (Å²) >= 11 is 0. The molecule has 1 aromatic rings. The third-order valence-corrected chi connectivity index (χ3v) is 7.41. The van der Waals surface area contributed by atoms with Crippen molar-refractivity contribution >= 4 is 5.97 Å². The predicted molar refractivity (Wildman–Crippen MR) is 121 cm³/mol. The molecule has 0 heterocycles. The molecule has 0 aliphatic heterocycles. The Morgan fingerprint density at radius 1 is 1.10 bits per heavy atom. The van der Waals surface area contributed by atoms with Gasteiger partial charge < -0.3 is 5.11 Å². The van der Waals surface area contributed by atoms with E-state index in [1.807, 2.05) is 12.2 Å². The van der Waals surface area contributed by atoms with Crippen LogP contribution in [0.2, 0.25) is 0 Å². The smallest absolute Gasteiger partial charge is 0.314 e. The Hall–Kier alpha value is -1.83. The summed E-state index contributed by atoms with van der Waals surface area (Å²) in [6.07, 6.45) is 18.3. The highest BCUT2D eigenvalue weighted by Crippen LogP contribution is 2.48. The van der Waals surface area contributed by atoms with Crippen LogP contribution in [0.1, 0.15) is 76.8 Å². The number of rotatable bonds is 8. The van der Waals surface area contributed by atoms with Crippen LogP contribution < -0.4 is 0 Å². The van der Waals surface area contributed by atoms with E-state index < -0.39 is 11.9 Å². The standard InChI is InChI=1S/C27H38O2/c1-4-8-21-11-13-24(14-12-21)27(17-15-22(16-18-27)26(28)29)25-10-7-6-9-23(25)19-20(3)5-2/h6-7,9-10,15-18,20-22,24H,4-5,8,11-14,19H2,1-3H3,(H,28,29)/t20-,21-,22?,24-,27?/m0/s1. The number of carboxylic acids is 1. The number of carbonyl (C=O) groups is 1. The van der Waals surface area contributed by atoms with Gasteiger partial charge in [-0.2, -0.15) is 0 Å². The number of allylic oxidation sites excluding steroid dienone is 2. The molecule has 1 N–H and O–H groups in total. The number of aliphatic carboxylic acids is 1. The van der Waals surface area contributed by atoms with E-state index in [0.717, 1.165) is 12.3 Å². The number of carboxylic acid groups (broad SMARTS) is 1. The van der Waals surface area contributed by atoms with Gasteiger partial charge in [0.15, 0.2) is 0 Å². The fraction of sp³-hybridized carbons (Fsp3) is 0.593. The molecule has 29 heavy (non-hydrogen) atoms. The lowest BCUT2D eigenvalue weighted by atomic mass is 9.60. The highest BCUT2D eigenvalue weighted by atomic mass is 16.4. The molecular formula is C27H38O2. The molecule has 158 valence electrons. The van der Waals surface area contributed by atoms with Crippen molar-refractivity contribution in [3.8, 4) is 0 Å². The number of hydrogen-bond donors (Lipinski definition) is 1. The lowest BCUT2D eigenvalue weighted by Crippen LogP contribution is -2.37. The second-order valence-electron chi connectivity index (χ2n) is 9.40. The summed E-state index contributed by atoms with van der Waals surface area (Å²) in [7, 11) is 0. The Labute approximate surface area is 177 Å². The highest BCUT2D eigenvalue weighted by Gasteiger charge is 2.41. The maximum Gasteiger partial charge on any atom is 0.314 e. The van der Waals surface area contributed by atoms with E-state index >= 15 is 0 Å². The summed E-state index contributed by atoms with van der Waals surface area (Å²) in [6.45, 7) is 6.87. The molecule has 0 saturated heterocycles. The molecular weight excluding hydrogens is 356 g/mol. The molecule has 1 aromatic carbocycles. The van der Waals surface area contributed by atoms with Crippen molar-refractivity contribution in [3.63, 3.8) is 0 Å². The first-order chi connectivity index (χ1) is 14.0. The fourth-order valence-electron chi connectivity index (χ4n) is 5.46. The summed E-state index contributed by atoms with van der Waals surface area (Å²) in [5, 5.41) is 9.49. The van der Waals surface area contributed by atoms with Crippen molar-refractivity contribution in [1.82, 2.24) is 0 Å². The first kappa shape index (κ1) is 21.9. The van der Waals surface area contributed by atoms with Crippen LogP contribution in [-0.4, -0.2) is 11.1 Å². The summed E-state index contributed by atoms with van der Waals surface area (Å²) in [6, 6.07) is 8.90. The average Bonchev–Trinajstić information content (AvgIpc) is 2.75. The third-order valence-electron chi connectivity index (χ3n) is 7.41. The minimum atomic E-state index is -0.759. The molecule has 2 aliphatic rings. The Morgan fingerprint density at radius 2 is 1.76 bits per heavy atom. The summed E-state index contributed by atoms with van der Waals surface area (Å²) in [5.41, 5.74) is 2.67. The molecule has 2 aliphatic carbocycles. The van der Waals surface area contributed by atoms with Gasteiger partial charge >= 0.3 is 5.97 Å². The molecule has 2 heteroatoms. The van der Waals surface area contributed by atoms with Crippen molar-refractivity contribution in [3.05, 3.63) is 59.7 Å². The fourth-order valence-corrected chi connectivity index (χ4v) is 5.46. The number of benzene rings is 1. The van der Waals surface area contributed by atoms with Crippen LogP contribution in [0.3, 0.4) is 0 Å². The maximum absolute atomic E-state index is 11.5. The summed E-state index contributed by atoms with van der Waals surface area (Å²) in [5.74, 6) is 0.812. The molecule has 0 radical (unpaired) electrons. The molecule has 1 fully saturated rings. The van der Waals surface area contributed by atoms with Gasteiger partial charge in [0.2, 0.25) is 0 Å². The third kappa shape index (κ3) is 4.85. The second-order valence-corrected chi connectivity index (χ2v) is 9.40. The molecule has 0 aromatic heterocycles. The first-order valence-corrected chi connectivity index (χ1v) is 11.7. The van der Waals surface area contributed by atoms with E-state index in [4.69, 9.17) is 0 Å². The SMILES string of the molecule is CCC[C@H]1CC[C@H](C2(c3ccccc3C[C@@H](C)CC)C=CC(C(=O)O)C=C2)CC1. The molecule has 1 atom stereocenters. The van der Waals surface area contributed by atoms with Crippen LogP contribution in [-0.2, 0) is 16.6 Å². The largest absolute Gasteiger partial charge is 0.481 e. The van der Waals surface area contributed by atoms with Gasteiger partial charge in [-0.1, -0.05) is 101 Å². The van der Waals surface area contributed by atoms with Gasteiger partial charge in [-0.15, -0.1) is 0 Å². The van der Waals surface area contributed by atoms with Crippen LogP contribution in [0.25, 0.3) is 0 Å². The Morgan fingerprint density at radius 3 is 2.34 bits per heavy atom. The van der Waals surface area contributed by atoms with Gasteiger partial charge in [0.05, 0.1) is 5.92 Å². The quantitative estimate of drug-likeness (QED) is 0.485. The molecule has 0 unspecified atom stereocenters. The molecule has 1 saturated carbocycles. The highest BCUT2D eigenvalue weighted by molar-refractivity contribution is 5.75. The lowest BCUT2D eigenvalue weighted by Gasteiger charge is -2.43. The van der Waals surface area contributed by atoms with Gasteiger partial charge in [-0.3, -0.25) is 4.79 Å². The van der Waals surface area contributed by atoms with Crippen molar-refractivity contribution < 1.29 is 9.90 Å². The molecule has 2 nitrogen and oxygen atoms in total. The zero-order chi connectivity index (χ0) is 20.9. The van der Waals surface area contributed by atoms with Crippen LogP contribution in [0.5, 0.6) is 0 Å². The molecule has 0 spiro atoms.